The summed E-state index contributed by atoms with van der Waals surface area (Å²) in [5, 5.41) is 0. The molecule has 3 aliphatic heterocycles. The van der Waals surface area contributed by atoms with Crippen LogP contribution >= 0.6 is 31.9 Å². The maximum absolute atomic E-state index is 14.1. The molecule has 2 saturated heterocycles. The molecule has 6 rings (SSSR count). The van der Waals surface area contributed by atoms with E-state index in [2.05, 4.69) is 31.9 Å². The average Bonchev–Trinajstić information content (AvgIpc) is 3.44. The van der Waals surface area contributed by atoms with Gasteiger partial charge in [0.15, 0.2) is 11.6 Å². The van der Waals surface area contributed by atoms with Gasteiger partial charge in [-0.25, -0.2) is 4.90 Å². The predicted octanol–water partition coefficient (Wildman–Crippen LogP) is 5.60. The van der Waals surface area contributed by atoms with Gasteiger partial charge in [-0.1, -0.05) is 52.3 Å². The zero-order valence-corrected chi connectivity index (χ0v) is 24.3. The molecule has 9 heteroatoms. The highest BCUT2D eigenvalue weighted by atomic mass is 79.9. The van der Waals surface area contributed by atoms with Gasteiger partial charge < -0.3 is 9.64 Å². The number of benzene rings is 3. The lowest BCUT2D eigenvalue weighted by Gasteiger charge is -2.33. The van der Waals surface area contributed by atoms with E-state index in [9.17, 15) is 19.2 Å². The number of rotatable bonds is 6. The van der Waals surface area contributed by atoms with E-state index in [4.69, 9.17) is 4.74 Å². The molecule has 40 heavy (non-hydrogen) atoms. The maximum Gasteiger partial charge on any atom is 0.240 e. The number of ether oxygens (including phenoxy) is 1. The monoisotopic (exact) mass is 660 g/mol. The molecule has 0 aromatic heterocycles. The van der Waals surface area contributed by atoms with Gasteiger partial charge in [-0.3, -0.25) is 19.2 Å². The first-order chi connectivity index (χ1) is 19.3. The summed E-state index contributed by atoms with van der Waals surface area (Å²) < 4.78 is 6.71. The number of hydrogen-bond donors (Lipinski definition) is 0. The van der Waals surface area contributed by atoms with Crippen molar-refractivity contribution in [3.63, 3.8) is 0 Å². The van der Waals surface area contributed by atoms with Crippen molar-refractivity contribution in [2.24, 2.45) is 11.8 Å². The first-order valence-electron chi connectivity index (χ1n) is 12.6. The number of hydrogen-bond acceptors (Lipinski definition) is 6. The minimum atomic E-state index is -0.937. The van der Waals surface area contributed by atoms with Gasteiger partial charge in [0.25, 0.3) is 0 Å². The summed E-state index contributed by atoms with van der Waals surface area (Å²) in [7, 11) is 1.53. The van der Waals surface area contributed by atoms with Gasteiger partial charge in [0.1, 0.15) is 11.8 Å². The number of imide groups is 1. The fourth-order valence-corrected chi connectivity index (χ4v) is 6.59. The lowest BCUT2D eigenvalue weighted by molar-refractivity contribution is -0.123. The van der Waals surface area contributed by atoms with Crippen LogP contribution in [0.15, 0.2) is 106 Å². The summed E-state index contributed by atoms with van der Waals surface area (Å²) in [6.45, 7) is 0. The Morgan fingerprint density at radius 1 is 0.850 bits per heavy atom. The van der Waals surface area contributed by atoms with Crippen LogP contribution in [0.2, 0.25) is 0 Å². The Kier molecular flexibility index (Phi) is 6.80. The Balaban J connectivity index is 1.43. The van der Waals surface area contributed by atoms with Crippen LogP contribution in [-0.2, 0) is 9.59 Å². The molecule has 0 N–H and O–H groups in total. The van der Waals surface area contributed by atoms with Gasteiger partial charge >= 0.3 is 0 Å². The number of methoxy groups -OCH3 is 1. The maximum atomic E-state index is 14.1. The summed E-state index contributed by atoms with van der Waals surface area (Å²) in [6.07, 6.45) is 5.05. The van der Waals surface area contributed by atoms with E-state index in [0.29, 0.717) is 32.6 Å². The zero-order valence-electron chi connectivity index (χ0n) is 21.2. The van der Waals surface area contributed by atoms with Gasteiger partial charge in [-0.15, -0.1) is 0 Å². The van der Waals surface area contributed by atoms with Crippen molar-refractivity contribution >= 4 is 60.9 Å². The molecule has 2 amide bonds. The van der Waals surface area contributed by atoms with E-state index < -0.39 is 35.7 Å². The molecule has 0 radical (unpaired) electrons. The second-order valence-electron chi connectivity index (χ2n) is 9.77. The van der Waals surface area contributed by atoms with E-state index in [0.717, 1.165) is 4.47 Å². The third-order valence-electron chi connectivity index (χ3n) is 7.64. The number of Topliss-reactive ketones (excluding diaryl/α,β-unsaturated/α-hetero) is 2. The van der Waals surface area contributed by atoms with Gasteiger partial charge in [0.2, 0.25) is 11.8 Å². The first-order valence-corrected chi connectivity index (χ1v) is 14.2. The van der Waals surface area contributed by atoms with Crippen LogP contribution < -0.4 is 9.64 Å². The highest BCUT2D eigenvalue weighted by molar-refractivity contribution is 9.10. The molecule has 2 fully saturated rings. The molecule has 3 heterocycles. The van der Waals surface area contributed by atoms with E-state index in [1.165, 1.54) is 12.0 Å². The molecule has 7 nitrogen and oxygen atoms in total. The fourth-order valence-electron chi connectivity index (χ4n) is 5.79. The number of anilines is 1. The van der Waals surface area contributed by atoms with E-state index in [1.807, 2.05) is 6.07 Å². The fraction of sp³-hybridized carbons (Fsp3) is 0.161. The number of ketones is 2. The van der Waals surface area contributed by atoms with Gasteiger partial charge in [-0.2, -0.15) is 0 Å². The summed E-state index contributed by atoms with van der Waals surface area (Å²) in [6, 6.07) is 19.2. The van der Waals surface area contributed by atoms with E-state index >= 15 is 0 Å². The molecular weight excluding hydrogens is 640 g/mol. The summed E-state index contributed by atoms with van der Waals surface area (Å²) >= 11 is 6.83. The van der Waals surface area contributed by atoms with Crippen molar-refractivity contribution < 1.29 is 23.9 Å². The minimum absolute atomic E-state index is 0.191. The molecule has 200 valence electrons. The minimum Gasteiger partial charge on any atom is -0.496 e. The summed E-state index contributed by atoms with van der Waals surface area (Å²) in [5.41, 5.74) is 1.74. The summed E-state index contributed by atoms with van der Waals surface area (Å²) in [4.78, 5) is 58.2. The van der Waals surface area contributed by atoms with Crippen LogP contribution in [0.4, 0.5) is 5.69 Å². The van der Waals surface area contributed by atoms with Crippen LogP contribution in [0.3, 0.4) is 0 Å². The Hall–Kier alpha value is -3.82. The molecule has 0 saturated carbocycles. The van der Waals surface area contributed by atoms with Gasteiger partial charge in [0, 0.05) is 27.4 Å². The molecule has 3 aromatic carbocycles. The molecule has 4 atom stereocenters. The van der Waals surface area contributed by atoms with E-state index in [1.54, 1.807) is 90.0 Å². The lowest BCUT2D eigenvalue weighted by atomic mass is 9.85. The summed E-state index contributed by atoms with van der Waals surface area (Å²) in [5.74, 6) is -2.51. The Morgan fingerprint density at radius 3 is 2.23 bits per heavy atom. The van der Waals surface area contributed by atoms with Crippen molar-refractivity contribution in [2.45, 2.75) is 12.1 Å². The van der Waals surface area contributed by atoms with Crippen LogP contribution in [0.5, 0.6) is 5.75 Å². The second-order valence-corrected chi connectivity index (χ2v) is 11.5. The smallest absolute Gasteiger partial charge is 0.240 e. The number of fused-ring (bicyclic) bond motifs is 3. The van der Waals surface area contributed by atoms with Crippen LogP contribution in [0, 0.1) is 11.8 Å². The normalized spacial score (nSPS) is 23.1. The second kappa shape index (κ2) is 10.3. The zero-order chi connectivity index (χ0) is 28.1. The largest absolute Gasteiger partial charge is 0.496 e. The Morgan fingerprint density at radius 2 is 1.55 bits per heavy atom. The Bertz CT molecular complexity index is 1620. The molecular formula is C31H22Br2N2O5. The number of nitrogens with zero attached hydrogens (tertiary/aromatic N) is 2. The number of carbonyl (C=O) groups excluding carboxylic acids is 4. The molecule has 3 aromatic rings. The average molecular weight is 662 g/mol. The third kappa shape index (κ3) is 4.24. The standard InChI is InChI=1S/C31H22Br2N2O5/c1-40-24-12-7-18(15-22(24)33)29(37)27-26-25(30(38)35(31(26)39)21-10-8-20(32)9-11-21)23-16-19(13-14-34(23)27)28(36)17-5-3-2-4-6-17/h2-16,23,25-27H,1H3/t23-,25-,26-,27+/m1/s1. The van der Waals surface area contributed by atoms with Crippen molar-refractivity contribution in [3.8, 4) is 5.75 Å². The number of amides is 2. The van der Waals surface area contributed by atoms with Gasteiger partial charge in [0.05, 0.1) is 35.1 Å². The topological polar surface area (TPSA) is 84.0 Å². The van der Waals surface area contributed by atoms with Crippen LogP contribution in [0.25, 0.3) is 0 Å². The van der Waals surface area contributed by atoms with Crippen LogP contribution in [0.1, 0.15) is 20.7 Å². The lowest BCUT2D eigenvalue weighted by Crippen LogP contribution is -2.46. The van der Waals surface area contributed by atoms with Crippen molar-refractivity contribution in [1.82, 2.24) is 4.90 Å². The molecule has 0 unspecified atom stereocenters. The first kappa shape index (κ1) is 26.4. The molecule has 3 aliphatic rings. The SMILES string of the molecule is COc1ccc(C(=O)[C@@H]2[C@@H]3C(=O)N(c4ccc(Br)cc4)C(=O)[C@@H]3[C@H]3C=C(C(=O)c4ccccc4)C=CN32)cc1Br. The highest BCUT2D eigenvalue weighted by Crippen LogP contribution is 2.47. The van der Waals surface area contributed by atoms with E-state index in [-0.39, 0.29) is 11.6 Å². The highest BCUT2D eigenvalue weighted by Gasteiger charge is 2.63. The molecule has 0 aliphatic carbocycles. The quantitative estimate of drug-likeness (QED) is 0.253. The molecule has 0 spiro atoms. The number of carbonyl (C=O) groups is 4. The van der Waals surface area contributed by atoms with Gasteiger partial charge in [-0.05, 0) is 64.5 Å². The third-order valence-corrected chi connectivity index (χ3v) is 8.78. The number of halogens is 2. The van der Waals surface area contributed by atoms with Crippen molar-refractivity contribution in [2.75, 3.05) is 12.0 Å². The Labute approximate surface area is 247 Å². The van der Waals surface area contributed by atoms with Crippen LogP contribution in [-0.4, -0.2) is 47.5 Å². The number of allylic oxidation sites excluding steroid dienone is 2. The molecule has 0 bridgehead atoms. The van der Waals surface area contributed by atoms with Crippen molar-refractivity contribution in [3.05, 3.63) is 117 Å². The van der Waals surface area contributed by atoms with Crippen molar-refractivity contribution in [1.29, 1.82) is 0 Å². The predicted molar refractivity (Wildman–Crippen MR) is 156 cm³/mol.